The Kier molecular flexibility index (Phi) is 5.40. The van der Waals surface area contributed by atoms with E-state index >= 15 is 0 Å². The van der Waals surface area contributed by atoms with Gasteiger partial charge in [0.2, 0.25) is 0 Å². The highest BCUT2D eigenvalue weighted by atomic mass is 16.2. The number of carbonyl (C=O) groups is 1. The molecule has 1 aromatic rings. The maximum Gasteiger partial charge on any atom is 0.255 e. The molecular weight excluding hydrogens is 276 g/mol. The topological polar surface area (TPSA) is 62.5 Å². The zero-order valence-corrected chi connectivity index (χ0v) is 14.1. The highest BCUT2D eigenvalue weighted by Crippen LogP contribution is 2.24. The summed E-state index contributed by atoms with van der Waals surface area (Å²) >= 11 is 0. The van der Waals surface area contributed by atoms with Crippen LogP contribution in [-0.4, -0.2) is 47.5 Å². The molecule has 5 heteroatoms. The van der Waals surface area contributed by atoms with Gasteiger partial charge in [-0.1, -0.05) is 0 Å². The van der Waals surface area contributed by atoms with Crippen molar-refractivity contribution in [1.82, 2.24) is 9.88 Å². The molecule has 122 valence electrons. The average molecular weight is 304 g/mol. The van der Waals surface area contributed by atoms with Crippen LogP contribution in [0, 0.1) is 5.92 Å². The summed E-state index contributed by atoms with van der Waals surface area (Å²) in [7, 11) is 0. The lowest BCUT2D eigenvalue weighted by Gasteiger charge is -2.26. The van der Waals surface area contributed by atoms with Gasteiger partial charge in [0.25, 0.3) is 5.91 Å². The molecule has 0 radical (unpaired) electrons. The van der Waals surface area contributed by atoms with Gasteiger partial charge in [0.05, 0.1) is 5.56 Å². The number of rotatable bonds is 5. The van der Waals surface area contributed by atoms with Gasteiger partial charge in [-0.3, -0.25) is 4.79 Å². The second-order valence-electron chi connectivity index (χ2n) is 6.43. The lowest BCUT2D eigenvalue weighted by molar-refractivity contribution is 0.0743. The Morgan fingerprint density at radius 3 is 2.68 bits per heavy atom. The number of hydrogen-bond donors (Lipinski definition) is 1. The first kappa shape index (κ1) is 16.7. The molecule has 0 bridgehead atoms. The van der Waals surface area contributed by atoms with E-state index in [2.05, 4.69) is 37.6 Å². The summed E-state index contributed by atoms with van der Waals surface area (Å²) < 4.78 is 0. The van der Waals surface area contributed by atoms with Crippen molar-refractivity contribution in [2.45, 2.75) is 46.2 Å². The molecule has 2 rings (SSSR count). The molecule has 0 saturated carbocycles. The van der Waals surface area contributed by atoms with Crippen LogP contribution >= 0.6 is 0 Å². The monoisotopic (exact) mass is 304 g/mol. The molecule has 0 spiro atoms. The molecule has 1 fully saturated rings. The zero-order valence-electron chi connectivity index (χ0n) is 14.1. The molecule has 1 aliphatic rings. The maximum absolute atomic E-state index is 12.6. The van der Waals surface area contributed by atoms with Crippen molar-refractivity contribution in [2.75, 3.05) is 24.5 Å². The first-order valence-corrected chi connectivity index (χ1v) is 8.21. The van der Waals surface area contributed by atoms with Gasteiger partial charge < -0.3 is 15.5 Å². The van der Waals surface area contributed by atoms with Gasteiger partial charge in [0.15, 0.2) is 0 Å². The van der Waals surface area contributed by atoms with Crippen molar-refractivity contribution in [3.63, 3.8) is 0 Å². The van der Waals surface area contributed by atoms with Crippen molar-refractivity contribution in [1.29, 1.82) is 0 Å². The van der Waals surface area contributed by atoms with E-state index < -0.39 is 0 Å². The fourth-order valence-electron chi connectivity index (χ4n) is 3.24. The lowest BCUT2D eigenvalue weighted by atomic mass is 10.1. The molecule has 1 amide bonds. The molecule has 2 heterocycles. The SMILES string of the molecule is CCN(c1ccc(C(=O)N2CC(CN)CC2C)cn1)C(C)C. The van der Waals surface area contributed by atoms with E-state index in [1.807, 2.05) is 17.0 Å². The lowest BCUT2D eigenvalue weighted by Crippen LogP contribution is -2.35. The Labute approximate surface area is 133 Å². The number of nitrogens with zero attached hydrogens (tertiary/aromatic N) is 3. The van der Waals surface area contributed by atoms with Crippen molar-refractivity contribution < 1.29 is 4.79 Å². The van der Waals surface area contributed by atoms with E-state index in [4.69, 9.17) is 5.73 Å². The van der Waals surface area contributed by atoms with E-state index in [0.29, 0.717) is 24.1 Å². The van der Waals surface area contributed by atoms with Crippen molar-refractivity contribution in [2.24, 2.45) is 11.7 Å². The van der Waals surface area contributed by atoms with Crippen LogP contribution in [0.1, 0.15) is 44.5 Å². The maximum atomic E-state index is 12.6. The first-order chi connectivity index (χ1) is 10.5. The van der Waals surface area contributed by atoms with E-state index in [1.165, 1.54) is 0 Å². The predicted molar refractivity (Wildman–Crippen MR) is 90.1 cm³/mol. The van der Waals surface area contributed by atoms with Crippen molar-refractivity contribution >= 4 is 11.7 Å². The zero-order chi connectivity index (χ0) is 16.3. The van der Waals surface area contributed by atoms with E-state index in [-0.39, 0.29) is 11.9 Å². The fraction of sp³-hybridized carbons (Fsp3) is 0.647. The van der Waals surface area contributed by atoms with Crippen LogP contribution in [0.25, 0.3) is 0 Å². The number of likely N-dealkylation sites (tertiary alicyclic amines) is 1. The molecular formula is C17H28N4O. The Bertz CT molecular complexity index is 500. The number of hydrogen-bond acceptors (Lipinski definition) is 4. The molecule has 5 nitrogen and oxygen atoms in total. The van der Waals surface area contributed by atoms with Crippen molar-refractivity contribution in [3.05, 3.63) is 23.9 Å². The van der Waals surface area contributed by atoms with Crippen LogP contribution in [0.4, 0.5) is 5.82 Å². The Hall–Kier alpha value is -1.62. The minimum atomic E-state index is 0.0649. The van der Waals surface area contributed by atoms with Gasteiger partial charge in [0, 0.05) is 31.4 Å². The van der Waals surface area contributed by atoms with Gasteiger partial charge in [-0.05, 0) is 58.7 Å². The summed E-state index contributed by atoms with van der Waals surface area (Å²) in [5, 5.41) is 0. The fourth-order valence-corrected chi connectivity index (χ4v) is 3.24. The van der Waals surface area contributed by atoms with Gasteiger partial charge in [0.1, 0.15) is 5.82 Å². The number of carbonyl (C=O) groups excluding carboxylic acids is 1. The number of pyridine rings is 1. The van der Waals surface area contributed by atoms with Crippen LogP contribution in [0.3, 0.4) is 0 Å². The Morgan fingerprint density at radius 2 is 2.23 bits per heavy atom. The van der Waals surface area contributed by atoms with E-state index in [0.717, 1.165) is 25.3 Å². The smallest absolute Gasteiger partial charge is 0.255 e. The number of anilines is 1. The second kappa shape index (κ2) is 7.09. The predicted octanol–water partition coefficient (Wildman–Crippen LogP) is 2.13. The molecule has 1 aromatic heterocycles. The first-order valence-electron chi connectivity index (χ1n) is 8.21. The number of amides is 1. The minimum Gasteiger partial charge on any atom is -0.354 e. The summed E-state index contributed by atoms with van der Waals surface area (Å²) in [6.45, 7) is 10.8. The van der Waals surface area contributed by atoms with Gasteiger partial charge in [-0.25, -0.2) is 4.98 Å². The third kappa shape index (κ3) is 3.40. The van der Waals surface area contributed by atoms with Crippen LogP contribution in [0.5, 0.6) is 0 Å². The molecule has 2 atom stereocenters. The third-order valence-electron chi connectivity index (χ3n) is 4.51. The Balaban J connectivity index is 2.12. The van der Waals surface area contributed by atoms with Crippen LogP contribution in [0.2, 0.25) is 0 Å². The highest BCUT2D eigenvalue weighted by Gasteiger charge is 2.32. The Morgan fingerprint density at radius 1 is 1.50 bits per heavy atom. The van der Waals surface area contributed by atoms with Crippen LogP contribution in [0.15, 0.2) is 18.3 Å². The molecule has 1 aliphatic heterocycles. The van der Waals surface area contributed by atoms with E-state index in [9.17, 15) is 4.79 Å². The molecule has 0 aromatic carbocycles. The summed E-state index contributed by atoms with van der Waals surface area (Å²) in [4.78, 5) is 21.2. The highest BCUT2D eigenvalue weighted by molar-refractivity contribution is 5.94. The average Bonchev–Trinajstić information content (AvgIpc) is 2.89. The summed E-state index contributed by atoms with van der Waals surface area (Å²) in [5.41, 5.74) is 6.40. The molecule has 0 aliphatic carbocycles. The summed E-state index contributed by atoms with van der Waals surface area (Å²) in [5.74, 6) is 1.40. The summed E-state index contributed by atoms with van der Waals surface area (Å²) in [6, 6.07) is 4.47. The van der Waals surface area contributed by atoms with Gasteiger partial charge in [-0.15, -0.1) is 0 Å². The normalized spacial score (nSPS) is 21.5. The van der Waals surface area contributed by atoms with Crippen molar-refractivity contribution in [3.8, 4) is 0 Å². The van der Waals surface area contributed by atoms with Gasteiger partial charge >= 0.3 is 0 Å². The van der Waals surface area contributed by atoms with Gasteiger partial charge in [-0.2, -0.15) is 0 Å². The number of aromatic nitrogens is 1. The van der Waals surface area contributed by atoms with E-state index in [1.54, 1.807) is 6.20 Å². The van der Waals surface area contributed by atoms with Crippen LogP contribution in [-0.2, 0) is 0 Å². The largest absolute Gasteiger partial charge is 0.354 e. The number of nitrogens with two attached hydrogens (primary N) is 1. The second-order valence-corrected chi connectivity index (χ2v) is 6.43. The standard InChI is InChI=1S/C17H28N4O/c1-5-20(12(2)3)16-7-6-15(10-19-16)17(22)21-11-14(9-18)8-13(21)4/h6-7,10,12-14H,5,8-9,11,18H2,1-4H3. The molecule has 2 unspecified atom stereocenters. The quantitative estimate of drug-likeness (QED) is 0.905. The summed E-state index contributed by atoms with van der Waals surface area (Å²) in [6.07, 6.45) is 2.69. The minimum absolute atomic E-state index is 0.0649. The third-order valence-corrected chi connectivity index (χ3v) is 4.51. The molecule has 1 saturated heterocycles. The molecule has 2 N–H and O–H groups in total. The molecule has 22 heavy (non-hydrogen) atoms. The van der Waals surface area contributed by atoms with Crippen LogP contribution < -0.4 is 10.6 Å².